The Hall–Kier alpha value is -1.89. The Kier molecular flexibility index (Phi) is 2.82. The molecule has 0 spiro atoms. The molecular formula is C13H9F2NO3S. The number of hydrogen-bond donors (Lipinski definition) is 1. The van der Waals surface area contributed by atoms with Crippen molar-refractivity contribution >= 4 is 28.6 Å². The zero-order chi connectivity index (χ0) is 14.6. The number of benzene rings is 1. The largest absolute Gasteiger partial charge is 0.477 e. The zero-order valence-corrected chi connectivity index (χ0v) is 11.1. The van der Waals surface area contributed by atoms with Crippen LogP contribution in [0.3, 0.4) is 0 Å². The van der Waals surface area contributed by atoms with Gasteiger partial charge in [0.2, 0.25) is 5.43 Å². The number of carbonyl (C=O) groups is 1. The molecule has 104 valence electrons. The number of hydrogen-bond acceptors (Lipinski definition) is 3. The third-order valence-electron chi connectivity index (χ3n) is 3.34. The van der Waals surface area contributed by atoms with E-state index in [1.54, 1.807) is 0 Å². The average Bonchev–Trinajstić information content (AvgIpc) is 2.39. The maximum absolute atomic E-state index is 13.8. The SMILES string of the molecule is C[C@H]1CSc2c(F)c(F)cc3c(=O)c(C(=O)O)cn1c23. The summed E-state index contributed by atoms with van der Waals surface area (Å²) in [7, 11) is 0. The molecule has 1 aliphatic heterocycles. The number of halogens is 2. The second-order valence-electron chi connectivity index (χ2n) is 4.64. The molecule has 2 aromatic rings. The van der Waals surface area contributed by atoms with Crippen molar-refractivity contribution in [2.45, 2.75) is 17.9 Å². The summed E-state index contributed by atoms with van der Waals surface area (Å²) in [5.41, 5.74) is -0.963. The molecule has 0 unspecified atom stereocenters. The van der Waals surface area contributed by atoms with Gasteiger partial charge in [-0.25, -0.2) is 13.6 Å². The Balaban J connectivity index is 2.57. The van der Waals surface area contributed by atoms with Gasteiger partial charge in [0.15, 0.2) is 11.6 Å². The van der Waals surface area contributed by atoms with Gasteiger partial charge in [-0.2, -0.15) is 0 Å². The van der Waals surface area contributed by atoms with Gasteiger partial charge in [-0.3, -0.25) is 4.79 Å². The molecule has 3 rings (SSSR count). The number of carboxylic acids is 1. The van der Waals surface area contributed by atoms with Crippen LogP contribution < -0.4 is 5.43 Å². The molecule has 1 N–H and O–H groups in total. The second-order valence-corrected chi connectivity index (χ2v) is 5.67. The maximum Gasteiger partial charge on any atom is 0.341 e. The molecule has 20 heavy (non-hydrogen) atoms. The monoisotopic (exact) mass is 297 g/mol. The quantitative estimate of drug-likeness (QED) is 0.879. The highest BCUT2D eigenvalue weighted by Crippen LogP contribution is 2.38. The third kappa shape index (κ3) is 1.66. The molecule has 0 saturated carbocycles. The Morgan fingerprint density at radius 3 is 2.85 bits per heavy atom. The van der Waals surface area contributed by atoms with Crippen molar-refractivity contribution in [3.8, 4) is 0 Å². The smallest absolute Gasteiger partial charge is 0.341 e. The van der Waals surface area contributed by atoms with Crippen molar-refractivity contribution in [2.75, 3.05) is 5.75 Å². The van der Waals surface area contributed by atoms with Gasteiger partial charge in [-0.1, -0.05) is 0 Å². The van der Waals surface area contributed by atoms with Crippen LogP contribution in [0.1, 0.15) is 23.3 Å². The highest BCUT2D eigenvalue weighted by molar-refractivity contribution is 7.99. The van der Waals surface area contributed by atoms with E-state index in [0.29, 0.717) is 5.75 Å². The average molecular weight is 297 g/mol. The van der Waals surface area contributed by atoms with Crippen LogP contribution in [-0.2, 0) is 0 Å². The lowest BCUT2D eigenvalue weighted by atomic mass is 10.1. The standard InChI is InChI=1S/C13H9F2NO3S/c1-5-4-20-12-9(15)8(14)2-6-10(12)16(5)3-7(11(6)17)13(18)19/h2-3,5H,4H2,1H3,(H,18,19)/t5-/m0/s1. The molecular weight excluding hydrogens is 288 g/mol. The van der Waals surface area contributed by atoms with Crippen molar-refractivity contribution in [2.24, 2.45) is 0 Å². The maximum atomic E-state index is 13.8. The van der Waals surface area contributed by atoms with Gasteiger partial charge in [0.25, 0.3) is 0 Å². The van der Waals surface area contributed by atoms with Crippen molar-refractivity contribution in [1.82, 2.24) is 4.57 Å². The first-order chi connectivity index (χ1) is 9.41. The van der Waals surface area contributed by atoms with Crippen molar-refractivity contribution < 1.29 is 18.7 Å². The molecule has 7 heteroatoms. The topological polar surface area (TPSA) is 59.3 Å². The highest BCUT2D eigenvalue weighted by Gasteiger charge is 2.27. The first kappa shape index (κ1) is 13.1. The van der Waals surface area contributed by atoms with Gasteiger partial charge < -0.3 is 9.67 Å². The Morgan fingerprint density at radius 1 is 1.50 bits per heavy atom. The number of aromatic carboxylic acids is 1. The summed E-state index contributed by atoms with van der Waals surface area (Å²) in [5, 5.41) is 8.96. The lowest BCUT2D eigenvalue weighted by Gasteiger charge is -2.26. The first-order valence-electron chi connectivity index (χ1n) is 5.84. The molecule has 0 bridgehead atoms. The van der Waals surface area contributed by atoms with Gasteiger partial charge in [0.1, 0.15) is 5.56 Å². The predicted octanol–water partition coefficient (Wildman–Crippen LogP) is 2.64. The minimum Gasteiger partial charge on any atom is -0.477 e. The van der Waals surface area contributed by atoms with Crippen molar-refractivity contribution in [3.05, 3.63) is 39.7 Å². The van der Waals surface area contributed by atoms with Crippen LogP contribution in [0.2, 0.25) is 0 Å². The Labute approximate surface area is 116 Å². The summed E-state index contributed by atoms with van der Waals surface area (Å²) < 4.78 is 29.0. The molecule has 1 atom stereocenters. The lowest BCUT2D eigenvalue weighted by Crippen LogP contribution is -2.24. The summed E-state index contributed by atoms with van der Waals surface area (Å²) in [6.45, 7) is 1.83. The van der Waals surface area contributed by atoms with Crippen LogP contribution in [0.5, 0.6) is 0 Å². The molecule has 0 aliphatic carbocycles. The van der Waals surface area contributed by atoms with Gasteiger partial charge in [-0.05, 0) is 13.0 Å². The van der Waals surface area contributed by atoms with Gasteiger partial charge in [0, 0.05) is 18.0 Å². The Bertz CT molecular complexity index is 816. The summed E-state index contributed by atoms with van der Waals surface area (Å²) in [4.78, 5) is 23.3. The fourth-order valence-electron chi connectivity index (χ4n) is 2.35. The van der Waals surface area contributed by atoms with E-state index in [1.165, 1.54) is 10.8 Å². The molecule has 0 saturated heterocycles. The molecule has 0 radical (unpaired) electrons. The zero-order valence-electron chi connectivity index (χ0n) is 10.3. The second kappa shape index (κ2) is 4.31. The molecule has 1 aromatic heterocycles. The van der Waals surface area contributed by atoms with E-state index in [4.69, 9.17) is 5.11 Å². The fraction of sp³-hybridized carbons (Fsp3) is 0.231. The van der Waals surface area contributed by atoms with E-state index < -0.39 is 28.6 Å². The van der Waals surface area contributed by atoms with Crippen LogP contribution in [0.15, 0.2) is 22.0 Å². The number of pyridine rings is 1. The van der Waals surface area contributed by atoms with Crippen LogP contribution in [0.4, 0.5) is 8.78 Å². The van der Waals surface area contributed by atoms with Crippen molar-refractivity contribution in [1.29, 1.82) is 0 Å². The third-order valence-corrected chi connectivity index (χ3v) is 4.65. The van der Waals surface area contributed by atoms with Crippen LogP contribution in [0, 0.1) is 11.6 Å². The molecule has 0 fully saturated rings. The van der Waals surface area contributed by atoms with Crippen LogP contribution in [0.25, 0.3) is 10.9 Å². The van der Waals surface area contributed by atoms with E-state index >= 15 is 0 Å². The van der Waals surface area contributed by atoms with Crippen molar-refractivity contribution in [3.63, 3.8) is 0 Å². The number of carboxylic acid groups (broad SMARTS) is 1. The van der Waals surface area contributed by atoms with Crippen LogP contribution >= 0.6 is 11.8 Å². The fourth-order valence-corrected chi connectivity index (χ4v) is 3.49. The van der Waals surface area contributed by atoms with E-state index in [2.05, 4.69) is 0 Å². The molecule has 4 nitrogen and oxygen atoms in total. The highest BCUT2D eigenvalue weighted by atomic mass is 32.2. The first-order valence-corrected chi connectivity index (χ1v) is 6.83. The lowest BCUT2D eigenvalue weighted by molar-refractivity contribution is 0.0694. The number of rotatable bonds is 1. The predicted molar refractivity (Wildman–Crippen MR) is 70.5 cm³/mol. The molecule has 0 amide bonds. The van der Waals surface area contributed by atoms with Crippen LogP contribution in [-0.4, -0.2) is 21.4 Å². The summed E-state index contributed by atoms with van der Waals surface area (Å²) in [6, 6.07) is 0.663. The molecule has 2 heterocycles. The van der Waals surface area contributed by atoms with E-state index in [9.17, 15) is 18.4 Å². The Morgan fingerprint density at radius 2 is 2.20 bits per heavy atom. The minimum atomic E-state index is -1.38. The van der Waals surface area contributed by atoms with Gasteiger partial charge >= 0.3 is 5.97 Å². The summed E-state index contributed by atoms with van der Waals surface area (Å²) >= 11 is 1.13. The molecule has 1 aliphatic rings. The number of thioether (sulfide) groups is 1. The van der Waals surface area contributed by atoms with E-state index in [-0.39, 0.29) is 21.8 Å². The summed E-state index contributed by atoms with van der Waals surface area (Å²) in [6.07, 6.45) is 1.21. The van der Waals surface area contributed by atoms with Gasteiger partial charge in [0.05, 0.1) is 15.8 Å². The number of nitrogens with zero attached hydrogens (tertiary/aromatic N) is 1. The summed E-state index contributed by atoms with van der Waals surface area (Å²) in [5.74, 6) is -3.03. The van der Waals surface area contributed by atoms with Gasteiger partial charge in [-0.15, -0.1) is 11.8 Å². The van der Waals surface area contributed by atoms with E-state index in [1.807, 2.05) is 6.92 Å². The van der Waals surface area contributed by atoms with E-state index in [0.717, 1.165) is 17.8 Å². The molecule has 1 aromatic carbocycles. The normalized spacial score (nSPS) is 17.4. The minimum absolute atomic E-state index is 0.0622. The number of aromatic nitrogens is 1.